The van der Waals surface area contributed by atoms with Crippen LogP contribution in [0.1, 0.15) is 47.2 Å². The number of rotatable bonds is 5. The number of morpholine rings is 1. The van der Waals surface area contributed by atoms with Crippen LogP contribution in [0.5, 0.6) is 17.2 Å². The molecule has 5 aromatic rings. The van der Waals surface area contributed by atoms with Crippen molar-refractivity contribution in [2.24, 2.45) is 0 Å². The van der Waals surface area contributed by atoms with Gasteiger partial charge in [0.25, 0.3) is 0 Å². The highest BCUT2D eigenvalue weighted by Gasteiger charge is 2.44. The molecule has 1 unspecified atom stereocenters. The largest absolute Gasteiger partial charge is 0.497 e. The highest BCUT2D eigenvalue weighted by atomic mass is 16.5. The molecule has 5 aromatic carbocycles. The molecule has 2 heterocycles. The Labute approximate surface area is 275 Å². The van der Waals surface area contributed by atoms with Gasteiger partial charge in [-0.25, -0.2) is 0 Å². The molecule has 47 heavy (non-hydrogen) atoms. The Morgan fingerprint density at radius 3 is 2.15 bits per heavy atom. The molecule has 1 saturated heterocycles. The molecule has 0 radical (unpaired) electrons. The Morgan fingerprint density at radius 2 is 1.47 bits per heavy atom. The molecule has 1 atom stereocenters. The van der Waals surface area contributed by atoms with E-state index in [2.05, 4.69) is 91.6 Å². The number of fused-ring (bicyclic) bond motifs is 8. The van der Waals surface area contributed by atoms with Crippen molar-refractivity contribution >= 4 is 22.5 Å². The molecule has 0 aromatic heterocycles. The van der Waals surface area contributed by atoms with Gasteiger partial charge in [-0.05, 0) is 88.3 Å². The van der Waals surface area contributed by atoms with E-state index < -0.39 is 5.60 Å². The molecule has 2 aliphatic heterocycles. The van der Waals surface area contributed by atoms with Crippen molar-refractivity contribution in [3.8, 4) is 34.4 Å². The number of hydrogen-bond acceptors (Lipinski definition) is 6. The lowest BCUT2D eigenvalue weighted by atomic mass is 9.76. The Bertz CT molecular complexity index is 2100. The number of ether oxygens (including phenoxy) is 4. The first-order chi connectivity index (χ1) is 22.9. The molecule has 0 saturated carbocycles. The van der Waals surface area contributed by atoms with Gasteiger partial charge < -0.3 is 23.8 Å². The third kappa shape index (κ3) is 4.41. The molecule has 1 aliphatic carbocycles. The van der Waals surface area contributed by atoms with E-state index in [0.717, 1.165) is 82.1 Å². The molecule has 0 amide bonds. The summed E-state index contributed by atoms with van der Waals surface area (Å²) >= 11 is 0. The fourth-order valence-electron chi connectivity index (χ4n) is 7.72. The van der Waals surface area contributed by atoms with Crippen LogP contribution in [0.2, 0.25) is 0 Å². The number of nitriles is 1. The number of hydrogen-bond donors (Lipinski definition) is 0. The summed E-state index contributed by atoms with van der Waals surface area (Å²) in [6.07, 6.45) is 4.45. The van der Waals surface area contributed by atoms with Crippen molar-refractivity contribution in [3.05, 3.63) is 124 Å². The summed E-state index contributed by atoms with van der Waals surface area (Å²) in [7, 11) is 3.38. The normalized spacial score (nSPS) is 18.9. The molecule has 234 valence electrons. The lowest BCUT2D eigenvalue weighted by Crippen LogP contribution is -2.37. The van der Waals surface area contributed by atoms with Crippen molar-refractivity contribution < 1.29 is 18.9 Å². The summed E-state index contributed by atoms with van der Waals surface area (Å²) in [6.45, 7) is 7.72. The molecule has 0 N–H and O–H groups in total. The van der Waals surface area contributed by atoms with Crippen molar-refractivity contribution in [1.82, 2.24) is 0 Å². The summed E-state index contributed by atoms with van der Waals surface area (Å²) in [5.41, 5.74) is 8.34. The Balaban J connectivity index is 1.37. The second kappa shape index (κ2) is 10.9. The maximum Gasteiger partial charge on any atom is 0.178 e. The van der Waals surface area contributed by atoms with E-state index >= 15 is 0 Å². The Kier molecular flexibility index (Phi) is 6.78. The first kappa shape index (κ1) is 29.2. The van der Waals surface area contributed by atoms with E-state index in [1.165, 1.54) is 16.8 Å². The molecular weight excluding hydrogens is 584 g/mol. The summed E-state index contributed by atoms with van der Waals surface area (Å²) in [5, 5.41) is 11.8. The van der Waals surface area contributed by atoms with Crippen molar-refractivity contribution in [2.45, 2.75) is 24.9 Å². The van der Waals surface area contributed by atoms with Crippen molar-refractivity contribution in [2.75, 3.05) is 45.4 Å². The van der Waals surface area contributed by atoms with Gasteiger partial charge in [0.2, 0.25) is 0 Å². The number of benzene rings is 5. The minimum Gasteiger partial charge on any atom is -0.497 e. The molecule has 6 heteroatoms. The van der Waals surface area contributed by atoms with Crippen molar-refractivity contribution in [3.63, 3.8) is 0 Å². The zero-order chi connectivity index (χ0) is 32.3. The van der Waals surface area contributed by atoms with Gasteiger partial charge in [0, 0.05) is 46.3 Å². The van der Waals surface area contributed by atoms with E-state index in [1.807, 2.05) is 30.3 Å². The first-order valence-electron chi connectivity index (χ1n) is 16.1. The van der Waals surface area contributed by atoms with Crippen LogP contribution in [-0.4, -0.2) is 40.5 Å². The van der Waals surface area contributed by atoms with E-state index in [0.29, 0.717) is 5.56 Å². The average Bonchev–Trinajstić information content (AvgIpc) is 3.37. The van der Waals surface area contributed by atoms with Gasteiger partial charge in [-0.1, -0.05) is 50.3 Å². The van der Waals surface area contributed by atoms with Gasteiger partial charge in [0.05, 0.1) is 39.1 Å². The molecule has 0 spiro atoms. The second-order valence-corrected chi connectivity index (χ2v) is 12.9. The highest BCUT2D eigenvalue weighted by Crippen LogP contribution is 2.58. The van der Waals surface area contributed by atoms with E-state index in [-0.39, 0.29) is 5.41 Å². The average molecular weight is 621 g/mol. The van der Waals surface area contributed by atoms with Gasteiger partial charge in [-0.3, -0.25) is 0 Å². The van der Waals surface area contributed by atoms with Gasteiger partial charge in [-0.15, -0.1) is 0 Å². The molecule has 6 nitrogen and oxygen atoms in total. The number of nitrogens with zero attached hydrogens (tertiary/aromatic N) is 2. The standard InChI is InChI=1S/C41H36N2O4/c1-40(2)36-23-26(25-42)5-15-33(36)37-32-16-14-31(45-4)24-35(32)39-34(38(37)40)17-18-41(47-39,28-8-12-30(44-3)13-9-28)27-6-10-29(11-7-27)43-19-21-46-22-20-43/h5-18,23-24H,19-22H2,1-4H3. The summed E-state index contributed by atoms with van der Waals surface area (Å²) in [6, 6.07) is 31.5. The first-order valence-corrected chi connectivity index (χ1v) is 16.1. The fraction of sp³-hybridized carbons (Fsp3) is 0.244. The predicted octanol–water partition coefficient (Wildman–Crippen LogP) is 8.22. The van der Waals surface area contributed by atoms with Crippen LogP contribution in [0.25, 0.3) is 28.0 Å². The molecule has 0 bridgehead atoms. The van der Waals surface area contributed by atoms with Crippen LogP contribution in [0.4, 0.5) is 5.69 Å². The quantitative estimate of drug-likeness (QED) is 0.197. The summed E-state index contributed by atoms with van der Waals surface area (Å²) < 4.78 is 24.3. The number of anilines is 1. The van der Waals surface area contributed by atoms with Crippen LogP contribution >= 0.6 is 0 Å². The lowest BCUT2D eigenvalue weighted by Gasteiger charge is -2.39. The molecule has 3 aliphatic rings. The highest BCUT2D eigenvalue weighted by molar-refractivity contribution is 6.09. The zero-order valence-corrected chi connectivity index (χ0v) is 27.1. The van der Waals surface area contributed by atoms with Gasteiger partial charge in [-0.2, -0.15) is 5.26 Å². The fourth-order valence-corrected chi connectivity index (χ4v) is 7.72. The van der Waals surface area contributed by atoms with Gasteiger partial charge >= 0.3 is 0 Å². The third-order valence-corrected chi connectivity index (χ3v) is 10.2. The minimum atomic E-state index is -0.906. The molecule has 1 fully saturated rings. The molecular formula is C41H36N2O4. The van der Waals surface area contributed by atoms with E-state index in [4.69, 9.17) is 18.9 Å². The maximum absolute atomic E-state index is 9.76. The third-order valence-electron chi connectivity index (χ3n) is 10.2. The SMILES string of the molecule is COc1ccc(C2(c3ccc(N4CCOCC4)cc3)C=Cc3c4c(c5ccc(OC)cc5c3O2)-c2ccc(C#N)cc2C4(C)C)cc1. The zero-order valence-electron chi connectivity index (χ0n) is 27.1. The monoisotopic (exact) mass is 620 g/mol. The minimum absolute atomic E-state index is 0.358. The summed E-state index contributed by atoms with van der Waals surface area (Å²) in [4.78, 5) is 2.36. The van der Waals surface area contributed by atoms with Crippen LogP contribution in [0, 0.1) is 11.3 Å². The summed E-state index contributed by atoms with van der Waals surface area (Å²) in [5.74, 6) is 2.37. The van der Waals surface area contributed by atoms with Crippen LogP contribution in [0.3, 0.4) is 0 Å². The Hall–Kier alpha value is -5.25. The maximum atomic E-state index is 9.76. The smallest absolute Gasteiger partial charge is 0.178 e. The number of methoxy groups -OCH3 is 2. The second-order valence-electron chi connectivity index (χ2n) is 12.9. The van der Waals surface area contributed by atoms with Crippen LogP contribution in [-0.2, 0) is 15.8 Å². The predicted molar refractivity (Wildman–Crippen MR) is 186 cm³/mol. The van der Waals surface area contributed by atoms with Crippen LogP contribution in [0.15, 0.2) is 91.0 Å². The van der Waals surface area contributed by atoms with Crippen molar-refractivity contribution in [1.29, 1.82) is 5.26 Å². The Morgan fingerprint density at radius 1 is 0.787 bits per heavy atom. The van der Waals surface area contributed by atoms with Gasteiger partial charge in [0.15, 0.2) is 5.60 Å². The van der Waals surface area contributed by atoms with E-state index in [1.54, 1.807) is 14.2 Å². The molecule has 8 rings (SSSR count). The van der Waals surface area contributed by atoms with E-state index in [9.17, 15) is 5.26 Å². The van der Waals surface area contributed by atoms with Crippen LogP contribution < -0.4 is 19.1 Å². The topological polar surface area (TPSA) is 64.0 Å². The lowest BCUT2D eigenvalue weighted by molar-refractivity contribution is 0.122. The van der Waals surface area contributed by atoms with Gasteiger partial charge in [0.1, 0.15) is 17.2 Å².